The molecular weight excluding hydrogens is 286 g/mol. The first kappa shape index (κ1) is 11.6. The van der Waals surface area contributed by atoms with Crippen LogP contribution in [0.1, 0.15) is 10.9 Å². The Morgan fingerprint density at radius 1 is 1.25 bits per heavy atom. The largest absolute Gasteiger partial charge is 0.394 e. The van der Waals surface area contributed by atoms with Gasteiger partial charge >= 0.3 is 0 Å². The summed E-state index contributed by atoms with van der Waals surface area (Å²) >= 11 is 5.12. The molecular formula is C12H12BrNOS. The Morgan fingerprint density at radius 3 is 2.69 bits per heavy atom. The molecule has 1 atom stereocenters. The summed E-state index contributed by atoms with van der Waals surface area (Å²) in [6.45, 7) is 0.0852. The molecule has 0 aliphatic heterocycles. The van der Waals surface area contributed by atoms with Crippen LogP contribution in [0.4, 0.5) is 5.69 Å². The van der Waals surface area contributed by atoms with Crippen LogP contribution in [-0.4, -0.2) is 11.7 Å². The van der Waals surface area contributed by atoms with Gasteiger partial charge in [-0.15, -0.1) is 11.3 Å². The third-order valence-electron chi connectivity index (χ3n) is 2.27. The number of anilines is 1. The molecule has 1 heterocycles. The lowest BCUT2D eigenvalue weighted by molar-refractivity contribution is 0.277. The molecule has 84 valence electrons. The van der Waals surface area contributed by atoms with Crippen molar-refractivity contribution in [2.75, 3.05) is 11.9 Å². The van der Waals surface area contributed by atoms with Crippen molar-refractivity contribution in [1.82, 2.24) is 0 Å². The van der Waals surface area contributed by atoms with E-state index in [4.69, 9.17) is 0 Å². The van der Waals surface area contributed by atoms with Crippen molar-refractivity contribution in [3.63, 3.8) is 0 Å². The number of benzene rings is 1. The summed E-state index contributed by atoms with van der Waals surface area (Å²) in [7, 11) is 0. The van der Waals surface area contributed by atoms with Crippen LogP contribution in [0, 0.1) is 0 Å². The number of thiophene rings is 1. The molecule has 0 aliphatic rings. The first-order valence-electron chi connectivity index (χ1n) is 4.96. The number of nitrogens with one attached hydrogen (secondary N) is 1. The fraction of sp³-hybridized carbons (Fsp3) is 0.167. The number of hydrogen-bond donors (Lipinski definition) is 2. The van der Waals surface area contributed by atoms with Crippen molar-refractivity contribution in [2.45, 2.75) is 6.04 Å². The van der Waals surface area contributed by atoms with Crippen molar-refractivity contribution >= 4 is 33.0 Å². The summed E-state index contributed by atoms with van der Waals surface area (Å²) in [6.07, 6.45) is 0. The van der Waals surface area contributed by atoms with Crippen LogP contribution in [0.25, 0.3) is 0 Å². The molecule has 0 saturated heterocycles. The minimum absolute atomic E-state index is 0.0429. The van der Waals surface area contributed by atoms with Crippen LogP contribution >= 0.6 is 27.3 Å². The lowest BCUT2D eigenvalue weighted by atomic mass is 10.2. The molecule has 0 amide bonds. The second kappa shape index (κ2) is 5.48. The minimum atomic E-state index is -0.0429. The molecule has 2 rings (SSSR count). The van der Waals surface area contributed by atoms with Crippen molar-refractivity contribution < 1.29 is 5.11 Å². The molecule has 1 aromatic carbocycles. The van der Waals surface area contributed by atoms with Crippen LogP contribution in [0.2, 0.25) is 0 Å². The van der Waals surface area contributed by atoms with Crippen LogP contribution in [0.3, 0.4) is 0 Å². The molecule has 2 nitrogen and oxygen atoms in total. The highest BCUT2D eigenvalue weighted by molar-refractivity contribution is 9.10. The highest BCUT2D eigenvalue weighted by Gasteiger charge is 2.11. The Morgan fingerprint density at radius 2 is 2.06 bits per heavy atom. The molecule has 4 heteroatoms. The van der Waals surface area contributed by atoms with Crippen molar-refractivity contribution in [3.8, 4) is 0 Å². The van der Waals surface area contributed by atoms with E-state index in [1.165, 1.54) is 0 Å². The van der Waals surface area contributed by atoms with Gasteiger partial charge in [-0.1, -0.05) is 18.2 Å². The molecule has 0 aliphatic carbocycles. The maximum atomic E-state index is 9.38. The standard InChI is InChI=1S/C12H12BrNOS/c13-9-4-1-2-5-10(9)14-11(8-15)12-6-3-7-16-12/h1-7,11,14-15H,8H2. The molecule has 2 aromatic rings. The third kappa shape index (κ3) is 2.64. The van der Waals surface area contributed by atoms with Crippen molar-refractivity contribution in [3.05, 3.63) is 51.1 Å². The van der Waals surface area contributed by atoms with E-state index in [0.29, 0.717) is 0 Å². The monoisotopic (exact) mass is 297 g/mol. The van der Waals surface area contributed by atoms with Gasteiger partial charge in [0.2, 0.25) is 0 Å². The molecule has 0 fully saturated rings. The Kier molecular flexibility index (Phi) is 3.98. The normalized spacial score (nSPS) is 12.4. The van der Waals surface area contributed by atoms with Gasteiger partial charge in [0.05, 0.1) is 12.6 Å². The predicted molar refractivity (Wildman–Crippen MR) is 71.9 cm³/mol. The van der Waals surface area contributed by atoms with Gasteiger partial charge in [0.25, 0.3) is 0 Å². The van der Waals surface area contributed by atoms with Gasteiger partial charge in [0.15, 0.2) is 0 Å². The average molecular weight is 298 g/mol. The predicted octanol–water partition coefficient (Wildman–Crippen LogP) is 3.66. The van der Waals surface area contributed by atoms with E-state index >= 15 is 0 Å². The first-order chi connectivity index (χ1) is 7.81. The van der Waals surface area contributed by atoms with Crippen LogP contribution in [-0.2, 0) is 0 Å². The second-order valence-corrected chi connectivity index (χ2v) is 5.21. The van der Waals surface area contributed by atoms with E-state index in [1.54, 1.807) is 11.3 Å². The lowest BCUT2D eigenvalue weighted by Gasteiger charge is -2.17. The van der Waals surface area contributed by atoms with E-state index in [-0.39, 0.29) is 12.6 Å². The van der Waals surface area contributed by atoms with Gasteiger partial charge in [-0.05, 0) is 39.5 Å². The lowest BCUT2D eigenvalue weighted by Crippen LogP contribution is -2.13. The van der Waals surface area contributed by atoms with E-state index in [2.05, 4.69) is 21.2 Å². The smallest absolute Gasteiger partial charge is 0.0838 e. The molecule has 0 spiro atoms. The summed E-state index contributed by atoms with van der Waals surface area (Å²) in [5, 5.41) is 14.7. The van der Waals surface area contributed by atoms with E-state index in [1.807, 2.05) is 41.8 Å². The Bertz CT molecular complexity index is 444. The SMILES string of the molecule is OCC(Nc1ccccc1Br)c1cccs1. The Labute approximate surface area is 107 Å². The Balaban J connectivity index is 2.17. The molecule has 0 radical (unpaired) electrons. The highest BCUT2D eigenvalue weighted by atomic mass is 79.9. The van der Waals surface area contributed by atoms with Gasteiger partial charge in [0, 0.05) is 15.0 Å². The number of aliphatic hydroxyl groups excluding tert-OH is 1. The zero-order valence-electron chi connectivity index (χ0n) is 8.56. The average Bonchev–Trinajstić information content (AvgIpc) is 2.81. The van der Waals surface area contributed by atoms with Gasteiger partial charge < -0.3 is 10.4 Å². The summed E-state index contributed by atoms with van der Waals surface area (Å²) in [5.41, 5.74) is 0.995. The number of aliphatic hydroxyl groups is 1. The van der Waals surface area contributed by atoms with Gasteiger partial charge in [-0.25, -0.2) is 0 Å². The summed E-state index contributed by atoms with van der Waals surface area (Å²) in [6, 6.07) is 11.9. The number of halogens is 1. The summed E-state index contributed by atoms with van der Waals surface area (Å²) < 4.78 is 1.00. The molecule has 2 N–H and O–H groups in total. The number of rotatable bonds is 4. The summed E-state index contributed by atoms with van der Waals surface area (Å²) in [4.78, 5) is 1.14. The molecule has 1 aromatic heterocycles. The molecule has 0 saturated carbocycles. The topological polar surface area (TPSA) is 32.3 Å². The molecule has 16 heavy (non-hydrogen) atoms. The zero-order valence-corrected chi connectivity index (χ0v) is 11.0. The fourth-order valence-corrected chi connectivity index (χ4v) is 2.63. The maximum absolute atomic E-state index is 9.38. The maximum Gasteiger partial charge on any atom is 0.0838 e. The number of para-hydroxylation sites is 1. The summed E-state index contributed by atoms with van der Waals surface area (Å²) in [5.74, 6) is 0. The van der Waals surface area contributed by atoms with Crippen LogP contribution < -0.4 is 5.32 Å². The quantitative estimate of drug-likeness (QED) is 0.903. The minimum Gasteiger partial charge on any atom is -0.394 e. The van der Waals surface area contributed by atoms with Crippen LogP contribution in [0.5, 0.6) is 0 Å². The van der Waals surface area contributed by atoms with Crippen molar-refractivity contribution in [1.29, 1.82) is 0 Å². The van der Waals surface area contributed by atoms with Gasteiger partial charge in [0.1, 0.15) is 0 Å². The highest BCUT2D eigenvalue weighted by Crippen LogP contribution is 2.27. The third-order valence-corrected chi connectivity index (χ3v) is 3.95. The van der Waals surface area contributed by atoms with Crippen molar-refractivity contribution in [2.24, 2.45) is 0 Å². The van der Waals surface area contributed by atoms with Crippen LogP contribution in [0.15, 0.2) is 46.3 Å². The van der Waals surface area contributed by atoms with Gasteiger partial charge in [-0.2, -0.15) is 0 Å². The zero-order chi connectivity index (χ0) is 11.4. The first-order valence-corrected chi connectivity index (χ1v) is 6.64. The Hall–Kier alpha value is -0.840. The number of hydrogen-bond acceptors (Lipinski definition) is 3. The van der Waals surface area contributed by atoms with E-state index < -0.39 is 0 Å². The molecule has 1 unspecified atom stereocenters. The second-order valence-electron chi connectivity index (χ2n) is 3.37. The van der Waals surface area contributed by atoms with Gasteiger partial charge in [-0.3, -0.25) is 0 Å². The molecule has 0 bridgehead atoms. The fourth-order valence-electron chi connectivity index (χ4n) is 1.46. The van der Waals surface area contributed by atoms with E-state index in [9.17, 15) is 5.11 Å². The van der Waals surface area contributed by atoms with E-state index in [0.717, 1.165) is 15.0 Å².